The molecule has 11 heteroatoms. The number of rotatable bonds is 11. The van der Waals surface area contributed by atoms with Crippen LogP contribution in [0.25, 0.3) is 11.1 Å². The van der Waals surface area contributed by atoms with Crippen molar-refractivity contribution in [2.45, 2.75) is 11.8 Å². The summed E-state index contributed by atoms with van der Waals surface area (Å²) in [6.45, 7) is 0.516. The van der Waals surface area contributed by atoms with Gasteiger partial charge >= 0.3 is 0 Å². The maximum absolute atomic E-state index is 12.4. The number of hydrogen-bond donors (Lipinski definition) is 0. The van der Waals surface area contributed by atoms with E-state index in [0.29, 0.717) is 23.6 Å². The fourth-order valence-corrected chi connectivity index (χ4v) is 8.82. The molecule has 6 aromatic carbocycles. The van der Waals surface area contributed by atoms with E-state index in [1.165, 1.54) is 36.5 Å². The summed E-state index contributed by atoms with van der Waals surface area (Å²) in [4.78, 5) is 92.1. The number of hydrogen-bond acceptors (Lipinski definition) is 7. The van der Waals surface area contributed by atoms with E-state index in [9.17, 15) is 33.6 Å². The van der Waals surface area contributed by atoms with E-state index in [1.807, 2.05) is 66.7 Å². The van der Waals surface area contributed by atoms with Crippen molar-refractivity contribution in [2.75, 3.05) is 26.1 Å². The predicted molar refractivity (Wildman–Crippen MR) is 246 cm³/mol. The summed E-state index contributed by atoms with van der Waals surface area (Å²) in [6.07, 6.45) is 10.9. The second-order valence-electron chi connectivity index (χ2n) is 15.9. The van der Waals surface area contributed by atoms with Gasteiger partial charge in [-0.3, -0.25) is 33.6 Å². The fraction of sp³-hybridized carbons (Fsp3) is 0.0556. The summed E-state index contributed by atoms with van der Waals surface area (Å²) < 4.78 is 0. The van der Waals surface area contributed by atoms with Crippen LogP contribution in [-0.4, -0.2) is 47.9 Å². The van der Waals surface area contributed by atoms with Crippen molar-refractivity contribution in [2.24, 2.45) is 0 Å². The Kier molecular flexibility index (Phi) is 10.2. The molecular weight excluding hydrogens is 817 g/mol. The second kappa shape index (κ2) is 16.5. The van der Waals surface area contributed by atoms with Crippen LogP contribution < -0.4 is 19.6 Å². The molecule has 10 rings (SSSR count). The van der Waals surface area contributed by atoms with Crippen molar-refractivity contribution in [3.63, 3.8) is 0 Å². The molecule has 0 saturated heterocycles. The van der Waals surface area contributed by atoms with Gasteiger partial charge in [0.1, 0.15) is 0 Å². The number of amides is 7. The van der Waals surface area contributed by atoms with Crippen LogP contribution in [0, 0.1) is 0 Å². The van der Waals surface area contributed by atoms with E-state index in [1.54, 1.807) is 47.4 Å². The molecule has 6 aromatic rings. The van der Waals surface area contributed by atoms with Gasteiger partial charge in [0.2, 0.25) is 0 Å². The maximum Gasteiger partial charge on any atom is 0.258 e. The monoisotopic (exact) mass is 852 g/mol. The molecule has 0 saturated carbocycles. The minimum atomic E-state index is -0.403. The van der Waals surface area contributed by atoms with Crippen LogP contribution in [0.5, 0.6) is 0 Å². The highest BCUT2D eigenvalue weighted by Gasteiger charge is 2.29. The summed E-state index contributed by atoms with van der Waals surface area (Å²) in [6, 6.07) is 46.4. The molecule has 4 aliphatic rings. The lowest BCUT2D eigenvalue weighted by molar-refractivity contribution is -0.121. The lowest BCUT2D eigenvalue weighted by Gasteiger charge is -2.23. The van der Waals surface area contributed by atoms with Crippen LogP contribution in [-0.2, 0) is 33.6 Å². The zero-order chi connectivity index (χ0) is 44.8. The van der Waals surface area contributed by atoms with Crippen LogP contribution in [0.1, 0.15) is 45.2 Å². The summed E-state index contributed by atoms with van der Waals surface area (Å²) in [5, 5.41) is 0. The standard InChI is InChI=1S/C54H36N4O7/c59-46-2-1-33-55(46)42-19-11-38(12-20-42)53(39-13-21-43(22-14-39)56-47(60)27-28-48(56)61)36-7-3-34(4-8-36)35-5-9-37(10-6-35)54(40-15-23-44(24-16-40)57-49(62)29-30-50(57)63)41-17-25-45(26-18-41)58-51(64)31-32-52(58)65/h1-32,53-54H,33H2. The zero-order valence-electron chi connectivity index (χ0n) is 34.5. The average molecular weight is 853 g/mol. The van der Waals surface area contributed by atoms with Crippen LogP contribution in [0.4, 0.5) is 22.7 Å². The summed E-state index contributed by atoms with van der Waals surface area (Å²) in [7, 11) is 0. The Hall–Kier alpha value is -8.83. The predicted octanol–water partition coefficient (Wildman–Crippen LogP) is 7.91. The van der Waals surface area contributed by atoms with Crippen LogP contribution in [0.15, 0.2) is 194 Å². The first-order valence-electron chi connectivity index (χ1n) is 20.9. The molecule has 0 radical (unpaired) electrons. The normalized spacial score (nSPS) is 16.2. The first-order chi connectivity index (χ1) is 31.6. The van der Waals surface area contributed by atoms with Crippen LogP contribution >= 0.6 is 0 Å². The Morgan fingerprint density at radius 2 is 0.523 bits per heavy atom. The van der Waals surface area contributed by atoms with E-state index in [4.69, 9.17) is 0 Å². The van der Waals surface area contributed by atoms with Gasteiger partial charge in [0.25, 0.3) is 41.4 Å². The molecule has 0 aliphatic carbocycles. The highest BCUT2D eigenvalue weighted by Crippen LogP contribution is 2.38. The molecule has 0 spiro atoms. The molecule has 1 atom stereocenters. The molecule has 4 heterocycles. The molecule has 0 fully saturated rings. The lowest BCUT2D eigenvalue weighted by Crippen LogP contribution is -2.29. The SMILES string of the molecule is O=C1C=CCN1c1ccc(C(c2ccc(-c3ccc(C(c4ccc(N5C(=O)C=CC5=O)cc4)c4ccc(N5C(=O)C=CC5=O)cc4)cc3)cc2)c2ccc(N3C(=O)C=CC3=O)cc2)cc1. The highest BCUT2D eigenvalue weighted by molar-refractivity contribution is 6.29. The fourth-order valence-electron chi connectivity index (χ4n) is 8.82. The molecule has 65 heavy (non-hydrogen) atoms. The van der Waals surface area contributed by atoms with Crippen LogP contribution in [0.3, 0.4) is 0 Å². The molecular formula is C54H36N4O7. The molecule has 7 amide bonds. The van der Waals surface area contributed by atoms with Gasteiger partial charge in [-0.1, -0.05) is 103 Å². The number of nitrogens with zero attached hydrogens (tertiary/aromatic N) is 4. The van der Waals surface area contributed by atoms with Gasteiger partial charge < -0.3 is 4.90 Å². The van der Waals surface area contributed by atoms with Gasteiger partial charge in [-0.15, -0.1) is 0 Å². The Bertz CT molecular complexity index is 2940. The minimum absolute atomic E-state index is 0.0615. The summed E-state index contributed by atoms with van der Waals surface area (Å²) in [5.41, 5.74) is 9.85. The number of benzene rings is 6. The number of carbonyl (C=O) groups is 7. The van der Waals surface area contributed by atoms with Gasteiger partial charge in [-0.2, -0.15) is 0 Å². The topological polar surface area (TPSA) is 132 Å². The van der Waals surface area contributed by atoms with Crippen LogP contribution in [0.2, 0.25) is 0 Å². The summed E-state index contributed by atoms with van der Waals surface area (Å²) >= 11 is 0. The third-order valence-electron chi connectivity index (χ3n) is 12.1. The minimum Gasteiger partial charge on any atom is -0.305 e. The maximum atomic E-state index is 12.4. The van der Waals surface area contributed by atoms with Crippen molar-refractivity contribution < 1.29 is 33.6 Å². The van der Waals surface area contributed by atoms with Crippen molar-refractivity contribution in [1.29, 1.82) is 0 Å². The van der Waals surface area contributed by atoms with Crippen molar-refractivity contribution in [3.05, 3.63) is 228 Å². The highest BCUT2D eigenvalue weighted by atomic mass is 16.2. The lowest BCUT2D eigenvalue weighted by atomic mass is 9.83. The smallest absolute Gasteiger partial charge is 0.258 e. The molecule has 11 nitrogen and oxygen atoms in total. The van der Waals surface area contributed by atoms with E-state index < -0.39 is 23.6 Å². The quantitative estimate of drug-likeness (QED) is 0.0957. The zero-order valence-corrected chi connectivity index (χ0v) is 34.5. The Labute approximate surface area is 373 Å². The Morgan fingerprint density at radius 3 is 0.769 bits per heavy atom. The van der Waals surface area contributed by atoms with E-state index >= 15 is 0 Å². The average Bonchev–Trinajstić information content (AvgIpc) is 4.10. The van der Waals surface area contributed by atoms with Crippen molar-refractivity contribution >= 4 is 64.1 Å². The van der Waals surface area contributed by atoms with Gasteiger partial charge in [0.05, 0.1) is 17.1 Å². The third-order valence-corrected chi connectivity index (χ3v) is 12.1. The largest absolute Gasteiger partial charge is 0.305 e. The Morgan fingerprint density at radius 1 is 0.277 bits per heavy atom. The molecule has 1 unspecified atom stereocenters. The number of imide groups is 3. The first-order valence-corrected chi connectivity index (χ1v) is 20.9. The molecule has 4 aliphatic heterocycles. The summed E-state index contributed by atoms with van der Waals surface area (Å²) in [5.74, 6) is -2.96. The third kappa shape index (κ3) is 7.50. The molecule has 0 aromatic heterocycles. The Balaban J connectivity index is 0.954. The van der Waals surface area contributed by atoms with Gasteiger partial charge in [0, 0.05) is 66.6 Å². The molecule has 0 N–H and O–H groups in total. The van der Waals surface area contributed by atoms with E-state index in [-0.39, 0.29) is 29.6 Å². The van der Waals surface area contributed by atoms with Gasteiger partial charge in [0.15, 0.2) is 0 Å². The molecule has 314 valence electrons. The van der Waals surface area contributed by atoms with E-state index in [0.717, 1.165) is 64.9 Å². The van der Waals surface area contributed by atoms with Crippen molar-refractivity contribution in [1.82, 2.24) is 0 Å². The van der Waals surface area contributed by atoms with E-state index in [2.05, 4.69) is 48.5 Å². The number of anilines is 4. The van der Waals surface area contributed by atoms with Gasteiger partial charge in [-0.25, -0.2) is 14.7 Å². The van der Waals surface area contributed by atoms with Crippen molar-refractivity contribution in [3.8, 4) is 11.1 Å². The molecule has 0 bridgehead atoms. The second-order valence-corrected chi connectivity index (χ2v) is 15.9. The first kappa shape index (κ1) is 40.3. The van der Waals surface area contributed by atoms with Gasteiger partial charge in [-0.05, 0) is 93.0 Å². The number of carbonyl (C=O) groups excluding carboxylic acids is 7.